The molecule has 2 saturated carbocycles. The summed E-state index contributed by atoms with van der Waals surface area (Å²) in [5.41, 5.74) is 1.25. The molecule has 29 heavy (non-hydrogen) atoms. The molecule has 2 aliphatic carbocycles. The predicted octanol–water partition coefficient (Wildman–Crippen LogP) is 6.61. The summed E-state index contributed by atoms with van der Waals surface area (Å²) in [5, 5.41) is 0. The van der Waals surface area contributed by atoms with Crippen molar-refractivity contribution in [3.05, 3.63) is 24.3 Å². The third-order valence-electron chi connectivity index (χ3n) is 7.89. The SMILES string of the molecule is CCCC1CCC(C2CCC(C(=O)Oc3ccc(N4CCCC4)cc3)CC2)CC1. The first kappa shape index (κ1) is 20.8. The van der Waals surface area contributed by atoms with Crippen LogP contribution in [0.3, 0.4) is 0 Å². The molecule has 0 amide bonds. The van der Waals surface area contributed by atoms with Gasteiger partial charge in [0.05, 0.1) is 5.92 Å². The van der Waals surface area contributed by atoms with E-state index in [2.05, 4.69) is 24.0 Å². The van der Waals surface area contributed by atoms with Crippen molar-refractivity contribution in [1.82, 2.24) is 0 Å². The summed E-state index contributed by atoms with van der Waals surface area (Å²) >= 11 is 0. The first-order valence-electron chi connectivity index (χ1n) is 12.3. The summed E-state index contributed by atoms with van der Waals surface area (Å²) in [5.74, 6) is 3.54. The normalized spacial score (nSPS) is 30.3. The van der Waals surface area contributed by atoms with Crippen LogP contribution < -0.4 is 9.64 Å². The number of nitrogens with zero attached hydrogens (tertiary/aromatic N) is 1. The highest BCUT2D eigenvalue weighted by Gasteiger charge is 2.33. The molecule has 0 radical (unpaired) electrons. The van der Waals surface area contributed by atoms with E-state index < -0.39 is 0 Å². The molecule has 0 aromatic heterocycles. The van der Waals surface area contributed by atoms with Crippen molar-refractivity contribution in [2.24, 2.45) is 23.7 Å². The van der Waals surface area contributed by atoms with Crippen LogP contribution in [0.2, 0.25) is 0 Å². The maximum atomic E-state index is 12.7. The van der Waals surface area contributed by atoms with Gasteiger partial charge in [0.25, 0.3) is 0 Å². The third kappa shape index (κ3) is 5.35. The molecule has 3 fully saturated rings. The van der Waals surface area contributed by atoms with E-state index in [1.54, 1.807) is 0 Å². The van der Waals surface area contributed by atoms with Crippen molar-refractivity contribution in [2.45, 2.75) is 84.0 Å². The predicted molar refractivity (Wildman–Crippen MR) is 119 cm³/mol. The molecular formula is C26H39NO2. The van der Waals surface area contributed by atoms with Crippen LogP contribution in [0.25, 0.3) is 0 Å². The minimum absolute atomic E-state index is 0.0102. The molecule has 4 rings (SSSR count). The average Bonchev–Trinajstić information content (AvgIpc) is 3.30. The molecule has 0 spiro atoms. The van der Waals surface area contributed by atoms with Crippen LogP contribution in [-0.2, 0) is 4.79 Å². The zero-order valence-electron chi connectivity index (χ0n) is 18.3. The van der Waals surface area contributed by atoms with Gasteiger partial charge in [-0.05, 0) is 93.4 Å². The second-order valence-corrected chi connectivity index (χ2v) is 9.79. The zero-order chi connectivity index (χ0) is 20.1. The number of esters is 1. The van der Waals surface area contributed by atoms with Crippen LogP contribution >= 0.6 is 0 Å². The number of benzene rings is 1. The van der Waals surface area contributed by atoms with Crippen LogP contribution in [0.15, 0.2) is 24.3 Å². The lowest BCUT2D eigenvalue weighted by Crippen LogP contribution is -2.30. The second-order valence-electron chi connectivity index (χ2n) is 9.79. The Hall–Kier alpha value is -1.51. The van der Waals surface area contributed by atoms with Crippen molar-refractivity contribution in [2.75, 3.05) is 18.0 Å². The number of hydrogen-bond acceptors (Lipinski definition) is 3. The van der Waals surface area contributed by atoms with Crippen LogP contribution in [0.5, 0.6) is 5.75 Å². The minimum atomic E-state index is -0.0102. The van der Waals surface area contributed by atoms with Crippen LogP contribution in [0, 0.1) is 23.7 Å². The first-order chi connectivity index (χ1) is 14.2. The van der Waals surface area contributed by atoms with Gasteiger partial charge in [-0.25, -0.2) is 0 Å². The molecule has 0 unspecified atom stereocenters. The lowest BCUT2D eigenvalue weighted by molar-refractivity contribution is -0.140. The standard InChI is InChI=1S/C26H39NO2/c1-2-5-20-6-8-21(9-7-20)22-10-12-23(13-11-22)26(28)29-25-16-14-24(15-17-25)27-18-3-4-19-27/h14-17,20-23H,2-13,18-19H2,1H3. The van der Waals surface area contributed by atoms with E-state index in [1.807, 2.05) is 12.1 Å². The maximum Gasteiger partial charge on any atom is 0.314 e. The fraction of sp³-hybridized carbons (Fsp3) is 0.731. The molecule has 0 atom stereocenters. The molecule has 1 aromatic rings. The van der Waals surface area contributed by atoms with E-state index in [1.165, 1.54) is 69.9 Å². The number of hydrogen-bond donors (Lipinski definition) is 0. The van der Waals surface area contributed by atoms with Crippen LogP contribution in [0.1, 0.15) is 84.0 Å². The molecule has 3 heteroatoms. The van der Waals surface area contributed by atoms with E-state index in [4.69, 9.17) is 4.74 Å². The quantitative estimate of drug-likeness (QED) is 0.400. The van der Waals surface area contributed by atoms with Gasteiger partial charge in [-0.1, -0.05) is 32.6 Å². The maximum absolute atomic E-state index is 12.7. The smallest absolute Gasteiger partial charge is 0.314 e. The fourth-order valence-electron chi connectivity index (χ4n) is 6.08. The summed E-state index contributed by atoms with van der Waals surface area (Å²) in [6, 6.07) is 8.12. The van der Waals surface area contributed by atoms with Crippen LogP contribution in [-0.4, -0.2) is 19.1 Å². The van der Waals surface area contributed by atoms with Crippen molar-refractivity contribution in [3.8, 4) is 5.75 Å². The summed E-state index contributed by atoms with van der Waals surface area (Å²) < 4.78 is 5.74. The molecular weight excluding hydrogens is 358 g/mol. The van der Waals surface area contributed by atoms with E-state index >= 15 is 0 Å². The van der Waals surface area contributed by atoms with E-state index in [0.29, 0.717) is 5.75 Å². The summed E-state index contributed by atoms with van der Waals surface area (Å²) in [7, 11) is 0. The number of carbonyl (C=O) groups is 1. The molecule has 3 aliphatic rings. The third-order valence-corrected chi connectivity index (χ3v) is 7.89. The Morgan fingerprint density at radius 2 is 1.48 bits per heavy atom. The topological polar surface area (TPSA) is 29.5 Å². The number of anilines is 1. The Bertz CT molecular complexity index is 633. The molecule has 160 valence electrons. The molecule has 1 saturated heterocycles. The van der Waals surface area contributed by atoms with Crippen LogP contribution in [0.4, 0.5) is 5.69 Å². The monoisotopic (exact) mass is 397 g/mol. The van der Waals surface area contributed by atoms with Crippen molar-refractivity contribution in [3.63, 3.8) is 0 Å². The van der Waals surface area contributed by atoms with Gasteiger partial charge in [0.2, 0.25) is 0 Å². The Labute approximate surface area is 177 Å². The van der Waals surface area contributed by atoms with Crippen molar-refractivity contribution < 1.29 is 9.53 Å². The van der Waals surface area contributed by atoms with Gasteiger partial charge < -0.3 is 9.64 Å². The Balaban J connectivity index is 1.21. The second kappa shape index (κ2) is 10.00. The van der Waals surface area contributed by atoms with Gasteiger partial charge in [0.15, 0.2) is 0 Å². The van der Waals surface area contributed by atoms with E-state index in [0.717, 1.165) is 43.7 Å². The highest BCUT2D eigenvalue weighted by atomic mass is 16.5. The van der Waals surface area contributed by atoms with Gasteiger partial charge >= 0.3 is 5.97 Å². The van der Waals surface area contributed by atoms with Crippen molar-refractivity contribution in [1.29, 1.82) is 0 Å². The van der Waals surface area contributed by atoms with Gasteiger partial charge in [-0.3, -0.25) is 4.79 Å². The highest BCUT2D eigenvalue weighted by molar-refractivity contribution is 5.75. The van der Waals surface area contributed by atoms with E-state index in [9.17, 15) is 4.79 Å². The highest BCUT2D eigenvalue weighted by Crippen LogP contribution is 2.42. The van der Waals surface area contributed by atoms with Gasteiger partial charge in [-0.2, -0.15) is 0 Å². The molecule has 1 aromatic carbocycles. The number of carbonyl (C=O) groups excluding carboxylic acids is 1. The lowest BCUT2D eigenvalue weighted by atomic mass is 9.69. The minimum Gasteiger partial charge on any atom is -0.426 e. The Morgan fingerprint density at radius 3 is 2.07 bits per heavy atom. The summed E-state index contributed by atoms with van der Waals surface area (Å²) in [6.07, 6.45) is 15.5. The lowest BCUT2D eigenvalue weighted by Gasteiger charge is -2.37. The van der Waals surface area contributed by atoms with Gasteiger partial charge in [-0.15, -0.1) is 0 Å². The number of rotatable bonds is 6. The zero-order valence-corrected chi connectivity index (χ0v) is 18.3. The molecule has 3 nitrogen and oxygen atoms in total. The summed E-state index contributed by atoms with van der Waals surface area (Å²) in [6.45, 7) is 4.60. The molecule has 1 aliphatic heterocycles. The molecule has 0 N–H and O–H groups in total. The molecule has 1 heterocycles. The summed E-state index contributed by atoms with van der Waals surface area (Å²) in [4.78, 5) is 15.1. The fourth-order valence-corrected chi connectivity index (χ4v) is 6.08. The average molecular weight is 398 g/mol. The van der Waals surface area contributed by atoms with E-state index in [-0.39, 0.29) is 11.9 Å². The van der Waals surface area contributed by atoms with Crippen molar-refractivity contribution >= 4 is 11.7 Å². The first-order valence-corrected chi connectivity index (χ1v) is 12.3. The largest absolute Gasteiger partial charge is 0.426 e. The Kier molecular flexibility index (Phi) is 7.15. The Morgan fingerprint density at radius 1 is 0.897 bits per heavy atom. The molecule has 0 bridgehead atoms. The number of ether oxygens (including phenoxy) is 1. The van der Waals surface area contributed by atoms with Gasteiger partial charge in [0, 0.05) is 18.8 Å². The van der Waals surface area contributed by atoms with Gasteiger partial charge in [0.1, 0.15) is 5.75 Å².